The molecule has 0 aromatic carbocycles. The second-order valence-corrected chi connectivity index (χ2v) is 8.52. The molecule has 1 amide bonds. The van der Waals surface area contributed by atoms with Crippen molar-refractivity contribution in [3.05, 3.63) is 18.3 Å². The molecule has 11 heteroatoms. The summed E-state index contributed by atoms with van der Waals surface area (Å²) in [4.78, 5) is 29.9. The molecule has 1 N–H and O–H groups in total. The number of pyridine rings is 1. The van der Waals surface area contributed by atoms with Gasteiger partial charge in [0.05, 0.1) is 35.9 Å². The summed E-state index contributed by atoms with van der Waals surface area (Å²) in [6, 6.07) is -0.0705. The molecule has 0 radical (unpaired) electrons. The predicted molar refractivity (Wildman–Crippen MR) is 118 cm³/mol. The van der Waals surface area contributed by atoms with Crippen molar-refractivity contribution in [3.63, 3.8) is 0 Å². The van der Waals surface area contributed by atoms with Crippen LogP contribution in [0.1, 0.15) is 51.3 Å². The molecule has 5 heterocycles. The number of nitrogens with zero attached hydrogens (tertiary/aromatic N) is 6. The zero-order valence-electron chi connectivity index (χ0n) is 18.8. The number of cyclic esters (lactones) is 1. The van der Waals surface area contributed by atoms with Gasteiger partial charge < -0.3 is 19.4 Å². The molecule has 2 fully saturated rings. The third-order valence-corrected chi connectivity index (χ3v) is 6.42. The van der Waals surface area contributed by atoms with Crippen LogP contribution in [0.5, 0.6) is 0 Å². The normalized spacial score (nSPS) is 19.6. The van der Waals surface area contributed by atoms with Crippen molar-refractivity contribution in [1.29, 1.82) is 0 Å². The number of piperidine rings is 1. The van der Waals surface area contributed by atoms with Crippen LogP contribution in [-0.2, 0) is 20.9 Å². The van der Waals surface area contributed by atoms with E-state index in [0.29, 0.717) is 50.0 Å². The molecule has 33 heavy (non-hydrogen) atoms. The van der Waals surface area contributed by atoms with Gasteiger partial charge in [0.2, 0.25) is 11.8 Å². The van der Waals surface area contributed by atoms with E-state index in [4.69, 9.17) is 9.15 Å². The van der Waals surface area contributed by atoms with E-state index in [1.54, 1.807) is 19.3 Å². The van der Waals surface area contributed by atoms with Gasteiger partial charge in [-0.3, -0.25) is 9.59 Å². The maximum absolute atomic E-state index is 11.8. The van der Waals surface area contributed by atoms with Gasteiger partial charge in [-0.25, -0.2) is 9.67 Å². The summed E-state index contributed by atoms with van der Waals surface area (Å²) < 4.78 is 13.0. The molecular weight excluding hydrogens is 426 g/mol. The highest BCUT2D eigenvalue weighted by Crippen LogP contribution is 2.36. The van der Waals surface area contributed by atoms with Crippen LogP contribution in [0.15, 0.2) is 16.8 Å². The molecule has 1 atom stereocenters. The Hall–Kier alpha value is -3.50. The Bertz CT molecular complexity index is 1180. The summed E-state index contributed by atoms with van der Waals surface area (Å²) in [7, 11) is 0. The van der Waals surface area contributed by atoms with E-state index in [1.807, 2.05) is 16.5 Å². The number of aryl methyl sites for hydroxylation is 1. The van der Waals surface area contributed by atoms with Crippen molar-refractivity contribution in [3.8, 4) is 11.5 Å². The fraction of sp³-hybridized carbons (Fsp3) is 0.545. The SMILES string of the molecule is CCn1ncc2c(NC3CCOC(=O)C3)c(-c3nnc(C4CCN(C(C)=O)CC4)o3)cnc21. The number of nitrogens with one attached hydrogen (secondary N) is 1. The van der Waals surface area contributed by atoms with Crippen LogP contribution >= 0.6 is 0 Å². The Morgan fingerprint density at radius 2 is 2.03 bits per heavy atom. The Balaban J connectivity index is 1.46. The summed E-state index contributed by atoms with van der Waals surface area (Å²) >= 11 is 0. The van der Waals surface area contributed by atoms with E-state index in [0.717, 1.165) is 29.6 Å². The second-order valence-electron chi connectivity index (χ2n) is 8.52. The molecule has 0 spiro atoms. The molecule has 3 aromatic heterocycles. The molecule has 11 nitrogen and oxygen atoms in total. The van der Waals surface area contributed by atoms with Gasteiger partial charge in [-0.15, -0.1) is 10.2 Å². The number of carbonyl (C=O) groups excluding carboxylic acids is 2. The van der Waals surface area contributed by atoms with E-state index in [-0.39, 0.29) is 30.3 Å². The van der Waals surface area contributed by atoms with Gasteiger partial charge in [0.25, 0.3) is 5.89 Å². The first-order valence-corrected chi connectivity index (χ1v) is 11.4. The number of anilines is 1. The summed E-state index contributed by atoms with van der Waals surface area (Å²) in [5.41, 5.74) is 2.21. The van der Waals surface area contributed by atoms with Crippen molar-refractivity contribution >= 4 is 28.6 Å². The van der Waals surface area contributed by atoms with Gasteiger partial charge in [-0.05, 0) is 19.8 Å². The van der Waals surface area contributed by atoms with Gasteiger partial charge in [0.15, 0.2) is 5.65 Å². The van der Waals surface area contributed by atoms with Crippen LogP contribution in [0.4, 0.5) is 5.69 Å². The van der Waals surface area contributed by atoms with Crippen molar-refractivity contribution < 1.29 is 18.7 Å². The lowest BCUT2D eigenvalue weighted by Crippen LogP contribution is -2.36. The van der Waals surface area contributed by atoms with Gasteiger partial charge >= 0.3 is 5.97 Å². The van der Waals surface area contributed by atoms with Crippen LogP contribution < -0.4 is 5.32 Å². The average molecular weight is 454 g/mol. The maximum Gasteiger partial charge on any atom is 0.307 e. The number of hydrogen-bond acceptors (Lipinski definition) is 9. The quantitative estimate of drug-likeness (QED) is 0.579. The van der Waals surface area contributed by atoms with Crippen LogP contribution in [0.2, 0.25) is 0 Å². The lowest BCUT2D eigenvalue weighted by molar-refractivity contribution is -0.147. The highest BCUT2D eigenvalue weighted by Gasteiger charge is 2.28. The third kappa shape index (κ3) is 4.14. The van der Waals surface area contributed by atoms with Crippen molar-refractivity contribution in [2.45, 2.75) is 58.0 Å². The number of ether oxygens (including phenoxy) is 1. The van der Waals surface area contributed by atoms with Crippen LogP contribution in [0.25, 0.3) is 22.5 Å². The monoisotopic (exact) mass is 453 g/mol. The number of fused-ring (bicyclic) bond motifs is 1. The topological polar surface area (TPSA) is 128 Å². The largest absolute Gasteiger partial charge is 0.466 e. The first-order chi connectivity index (χ1) is 16.0. The van der Waals surface area contributed by atoms with Gasteiger partial charge in [0, 0.05) is 51.1 Å². The highest BCUT2D eigenvalue weighted by molar-refractivity contribution is 5.96. The standard InChI is InChI=1S/C22H27N7O4/c1-3-29-20-16(12-24-29)19(25-15-6-9-32-18(31)10-15)17(11-23-20)22-27-26-21(33-22)14-4-7-28(8-5-14)13(2)30/h11-12,14-15H,3-10H2,1-2H3,(H,23,25). The summed E-state index contributed by atoms with van der Waals surface area (Å²) in [5.74, 6) is 0.940. The van der Waals surface area contributed by atoms with Gasteiger partial charge in [-0.2, -0.15) is 5.10 Å². The summed E-state index contributed by atoms with van der Waals surface area (Å²) in [6.45, 7) is 6.05. The highest BCUT2D eigenvalue weighted by atomic mass is 16.5. The minimum atomic E-state index is -0.216. The third-order valence-electron chi connectivity index (χ3n) is 6.42. The van der Waals surface area contributed by atoms with E-state index in [2.05, 4.69) is 25.6 Å². The zero-order chi connectivity index (χ0) is 22.9. The van der Waals surface area contributed by atoms with Crippen molar-refractivity contribution in [1.82, 2.24) is 29.9 Å². The van der Waals surface area contributed by atoms with E-state index in [9.17, 15) is 9.59 Å². The van der Waals surface area contributed by atoms with E-state index < -0.39 is 0 Å². The molecule has 1 unspecified atom stereocenters. The summed E-state index contributed by atoms with van der Waals surface area (Å²) in [6.07, 6.45) is 6.06. The Morgan fingerprint density at radius 1 is 1.21 bits per heavy atom. The number of amides is 1. The first-order valence-electron chi connectivity index (χ1n) is 11.4. The molecule has 2 saturated heterocycles. The smallest absolute Gasteiger partial charge is 0.307 e. The van der Waals surface area contributed by atoms with E-state index >= 15 is 0 Å². The molecule has 174 valence electrons. The Kier molecular flexibility index (Phi) is 5.69. The number of carbonyl (C=O) groups is 2. The molecule has 2 aliphatic heterocycles. The minimum absolute atomic E-state index is 0.0705. The zero-order valence-corrected chi connectivity index (χ0v) is 18.8. The van der Waals surface area contributed by atoms with Gasteiger partial charge in [-0.1, -0.05) is 0 Å². The fourth-order valence-electron chi connectivity index (χ4n) is 4.53. The van der Waals surface area contributed by atoms with Gasteiger partial charge in [0.1, 0.15) is 0 Å². The minimum Gasteiger partial charge on any atom is -0.466 e. The predicted octanol–water partition coefficient (Wildman–Crippen LogP) is 2.34. The first kappa shape index (κ1) is 21.4. The molecule has 2 aliphatic rings. The lowest BCUT2D eigenvalue weighted by atomic mass is 9.97. The number of aromatic nitrogens is 5. The van der Waals surface area contributed by atoms with Crippen LogP contribution in [0.3, 0.4) is 0 Å². The van der Waals surface area contributed by atoms with Crippen LogP contribution in [0, 0.1) is 0 Å². The number of rotatable bonds is 5. The molecule has 0 saturated carbocycles. The number of esters is 1. The molecule has 0 aliphatic carbocycles. The molecule has 0 bridgehead atoms. The Labute approximate surface area is 190 Å². The van der Waals surface area contributed by atoms with Crippen molar-refractivity contribution in [2.24, 2.45) is 0 Å². The summed E-state index contributed by atoms with van der Waals surface area (Å²) in [5, 5.41) is 17.4. The van der Waals surface area contributed by atoms with Crippen molar-refractivity contribution in [2.75, 3.05) is 25.0 Å². The number of likely N-dealkylation sites (tertiary alicyclic amines) is 1. The average Bonchev–Trinajstić information content (AvgIpc) is 3.47. The maximum atomic E-state index is 11.8. The number of hydrogen-bond donors (Lipinski definition) is 1. The Morgan fingerprint density at radius 3 is 2.76 bits per heavy atom. The molecule has 5 rings (SSSR count). The van der Waals surface area contributed by atoms with E-state index in [1.165, 1.54) is 0 Å². The second kappa shape index (κ2) is 8.80. The fourth-order valence-corrected chi connectivity index (χ4v) is 4.53. The van der Waals surface area contributed by atoms with Crippen LogP contribution in [-0.4, -0.2) is 67.5 Å². The molecular formula is C22H27N7O4. The molecule has 3 aromatic rings. The lowest BCUT2D eigenvalue weighted by Gasteiger charge is -2.29.